The summed E-state index contributed by atoms with van der Waals surface area (Å²) in [4.78, 5) is 11.2. The molecule has 0 aliphatic heterocycles. The summed E-state index contributed by atoms with van der Waals surface area (Å²) in [5.41, 5.74) is -1.09. The van der Waals surface area contributed by atoms with Crippen LogP contribution in [0.5, 0.6) is 0 Å². The standard InChI is InChI=1S/C17H35NO3/c1-3-5-7-9-11-13-15-17(16-19,18(20)21)14-12-10-8-6-4-2/h19H,3-16H2,1-2H3. The van der Waals surface area contributed by atoms with Crippen LogP contribution in [-0.2, 0) is 0 Å². The van der Waals surface area contributed by atoms with Crippen LogP contribution in [0.25, 0.3) is 0 Å². The maximum Gasteiger partial charge on any atom is 0.244 e. The van der Waals surface area contributed by atoms with Crippen LogP contribution in [0.3, 0.4) is 0 Å². The summed E-state index contributed by atoms with van der Waals surface area (Å²) in [5.74, 6) is 0. The maximum atomic E-state index is 11.4. The SMILES string of the molecule is CCCCCCCCC(CO)(CCCCCCC)[N+](=O)[O-]. The van der Waals surface area contributed by atoms with Gasteiger partial charge in [-0.2, -0.15) is 0 Å². The lowest BCUT2D eigenvalue weighted by molar-refractivity contribution is -0.576. The van der Waals surface area contributed by atoms with Crippen molar-refractivity contribution in [3.05, 3.63) is 10.1 Å². The molecule has 0 rings (SSSR count). The van der Waals surface area contributed by atoms with Gasteiger partial charge in [0.2, 0.25) is 5.54 Å². The van der Waals surface area contributed by atoms with Crippen LogP contribution in [0.15, 0.2) is 0 Å². The monoisotopic (exact) mass is 301 g/mol. The Morgan fingerprint density at radius 1 is 0.810 bits per heavy atom. The second kappa shape index (κ2) is 13.1. The predicted octanol–water partition coefficient (Wildman–Crippen LogP) is 5.11. The van der Waals surface area contributed by atoms with E-state index in [1.165, 1.54) is 32.1 Å². The van der Waals surface area contributed by atoms with Gasteiger partial charge in [-0.05, 0) is 12.8 Å². The highest BCUT2D eigenvalue weighted by atomic mass is 16.6. The Morgan fingerprint density at radius 3 is 1.52 bits per heavy atom. The van der Waals surface area contributed by atoms with E-state index in [2.05, 4.69) is 13.8 Å². The zero-order chi connectivity index (χ0) is 16.0. The Labute approximate surface area is 130 Å². The van der Waals surface area contributed by atoms with Crippen LogP contribution in [-0.4, -0.2) is 22.2 Å². The smallest absolute Gasteiger partial charge is 0.244 e. The first kappa shape index (κ1) is 20.4. The molecule has 126 valence electrons. The average molecular weight is 301 g/mol. The molecule has 1 N–H and O–H groups in total. The maximum absolute atomic E-state index is 11.4. The molecule has 1 atom stereocenters. The second-order valence-corrected chi connectivity index (χ2v) is 6.32. The second-order valence-electron chi connectivity index (χ2n) is 6.32. The normalized spacial score (nSPS) is 14.0. The summed E-state index contributed by atoms with van der Waals surface area (Å²) in [6.45, 7) is 4.03. The minimum absolute atomic E-state index is 0.223. The molecule has 0 aromatic rings. The minimum atomic E-state index is -1.09. The molecule has 1 unspecified atom stereocenters. The summed E-state index contributed by atoms with van der Waals surface area (Å²) in [5, 5.41) is 20.9. The molecule has 0 bridgehead atoms. The number of unbranched alkanes of at least 4 members (excludes halogenated alkanes) is 9. The predicted molar refractivity (Wildman–Crippen MR) is 88.2 cm³/mol. The van der Waals surface area contributed by atoms with Gasteiger partial charge < -0.3 is 5.11 Å². The van der Waals surface area contributed by atoms with Crippen molar-refractivity contribution < 1.29 is 10.0 Å². The van der Waals surface area contributed by atoms with Crippen molar-refractivity contribution in [1.82, 2.24) is 0 Å². The summed E-state index contributed by atoms with van der Waals surface area (Å²) >= 11 is 0. The summed E-state index contributed by atoms with van der Waals surface area (Å²) in [6, 6.07) is 0. The number of hydrogen-bond acceptors (Lipinski definition) is 3. The van der Waals surface area contributed by atoms with E-state index in [1.807, 2.05) is 0 Å². The van der Waals surface area contributed by atoms with Gasteiger partial charge >= 0.3 is 0 Å². The highest BCUT2D eigenvalue weighted by molar-refractivity contribution is 4.78. The molecule has 0 aromatic heterocycles. The van der Waals surface area contributed by atoms with Crippen LogP contribution >= 0.6 is 0 Å². The third-order valence-corrected chi connectivity index (χ3v) is 4.42. The Bertz CT molecular complexity index is 258. The molecule has 0 aromatic carbocycles. The summed E-state index contributed by atoms with van der Waals surface area (Å²) in [7, 11) is 0. The van der Waals surface area contributed by atoms with Gasteiger partial charge in [0.1, 0.15) is 6.61 Å². The lowest BCUT2D eigenvalue weighted by atomic mass is 9.87. The van der Waals surface area contributed by atoms with Gasteiger partial charge in [0.25, 0.3) is 0 Å². The molecule has 4 nitrogen and oxygen atoms in total. The van der Waals surface area contributed by atoms with E-state index in [-0.39, 0.29) is 11.5 Å². The largest absolute Gasteiger partial charge is 0.389 e. The van der Waals surface area contributed by atoms with Gasteiger partial charge in [-0.15, -0.1) is 0 Å². The average Bonchev–Trinajstić information content (AvgIpc) is 2.48. The highest BCUT2D eigenvalue weighted by Gasteiger charge is 2.40. The first-order valence-corrected chi connectivity index (χ1v) is 8.88. The van der Waals surface area contributed by atoms with Gasteiger partial charge in [-0.3, -0.25) is 10.1 Å². The van der Waals surface area contributed by atoms with E-state index in [0.29, 0.717) is 12.8 Å². The molecule has 0 radical (unpaired) electrons. The van der Waals surface area contributed by atoms with Crippen molar-refractivity contribution in [3.8, 4) is 0 Å². The number of nitro groups is 1. The van der Waals surface area contributed by atoms with E-state index in [1.54, 1.807) is 0 Å². The topological polar surface area (TPSA) is 63.4 Å². The van der Waals surface area contributed by atoms with E-state index in [9.17, 15) is 15.2 Å². The quantitative estimate of drug-likeness (QED) is 0.260. The van der Waals surface area contributed by atoms with E-state index in [4.69, 9.17) is 0 Å². The highest BCUT2D eigenvalue weighted by Crippen LogP contribution is 2.26. The van der Waals surface area contributed by atoms with Crippen molar-refractivity contribution in [3.63, 3.8) is 0 Å². The Balaban J connectivity index is 4.07. The van der Waals surface area contributed by atoms with Crippen molar-refractivity contribution in [2.75, 3.05) is 6.61 Å². The van der Waals surface area contributed by atoms with Gasteiger partial charge in [0.05, 0.1) is 0 Å². The van der Waals surface area contributed by atoms with Gasteiger partial charge in [0.15, 0.2) is 0 Å². The summed E-state index contributed by atoms with van der Waals surface area (Å²) < 4.78 is 0. The van der Waals surface area contributed by atoms with Crippen molar-refractivity contribution in [2.45, 2.75) is 103 Å². The van der Waals surface area contributed by atoms with Gasteiger partial charge in [0, 0.05) is 17.8 Å². The molecule has 0 aliphatic rings. The zero-order valence-electron chi connectivity index (χ0n) is 14.1. The van der Waals surface area contributed by atoms with Crippen LogP contribution in [0, 0.1) is 10.1 Å². The molecule has 0 aliphatic carbocycles. The van der Waals surface area contributed by atoms with Crippen LogP contribution < -0.4 is 0 Å². The fraction of sp³-hybridized carbons (Fsp3) is 1.00. The third-order valence-electron chi connectivity index (χ3n) is 4.42. The molecule has 0 saturated heterocycles. The lowest BCUT2D eigenvalue weighted by Crippen LogP contribution is -2.42. The first-order valence-electron chi connectivity index (χ1n) is 8.88. The van der Waals surface area contributed by atoms with Crippen LogP contribution in [0.1, 0.15) is 97.3 Å². The Hall–Kier alpha value is -0.640. The van der Waals surface area contributed by atoms with E-state index >= 15 is 0 Å². The molecule has 21 heavy (non-hydrogen) atoms. The van der Waals surface area contributed by atoms with E-state index < -0.39 is 5.54 Å². The molecule has 0 fully saturated rings. The first-order chi connectivity index (χ1) is 10.1. The fourth-order valence-electron chi connectivity index (χ4n) is 2.82. The van der Waals surface area contributed by atoms with Crippen LogP contribution in [0.2, 0.25) is 0 Å². The molecule has 0 spiro atoms. The Kier molecular flexibility index (Phi) is 12.7. The van der Waals surface area contributed by atoms with Gasteiger partial charge in [-0.25, -0.2) is 0 Å². The lowest BCUT2D eigenvalue weighted by Gasteiger charge is -2.23. The van der Waals surface area contributed by atoms with Crippen molar-refractivity contribution in [1.29, 1.82) is 0 Å². The van der Waals surface area contributed by atoms with Gasteiger partial charge in [-0.1, -0.05) is 71.6 Å². The molecular formula is C17H35NO3. The molecule has 4 heteroatoms. The molecule has 0 saturated carbocycles. The third kappa shape index (κ3) is 9.07. The molecule has 0 amide bonds. The number of hydrogen-bond donors (Lipinski definition) is 1. The number of aliphatic hydroxyl groups excluding tert-OH is 1. The molecule has 0 heterocycles. The Morgan fingerprint density at radius 2 is 1.19 bits per heavy atom. The van der Waals surface area contributed by atoms with Crippen molar-refractivity contribution in [2.24, 2.45) is 0 Å². The molecular weight excluding hydrogens is 266 g/mol. The van der Waals surface area contributed by atoms with Crippen molar-refractivity contribution >= 4 is 0 Å². The van der Waals surface area contributed by atoms with Crippen LogP contribution in [0.4, 0.5) is 0 Å². The number of rotatable bonds is 15. The van der Waals surface area contributed by atoms with E-state index in [0.717, 1.165) is 38.5 Å². The minimum Gasteiger partial charge on any atom is -0.389 e. The zero-order valence-corrected chi connectivity index (χ0v) is 14.1. The number of nitrogens with zero attached hydrogens (tertiary/aromatic N) is 1. The fourth-order valence-corrected chi connectivity index (χ4v) is 2.82. The number of aliphatic hydroxyl groups is 1. The summed E-state index contributed by atoms with van der Waals surface area (Å²) in [6.07, 6.45) is 13.2.